The van der Waals surface area contributed by atoms with Gasteiger partial charge in [-0.1, -0.05) is 0 Å². The summed E-state index contributed by atoms with van der Waals surface area (Å²) in [7, 11) is 1.63. The SMILES string of the molecule is COc1ccc(-c2ncc(C(=O)N3CCC(CO)CC3)s2)cc1. The number of hydrogen-bond acceptors (Lipinski definition) is 5. The average Bonchev–Trinajstić information content (AvgIpc) is 3.11. The lowest BCUT2D eigenvalue weighted by Gasteiger charge is -2.30. The Kier molecular flexibility index (Phi) is 4.93. The van der Waals surface area contributed by atoms with E-state index in [2.05, 4.69) is 4.98 Å². The van der Waals surface area contributed by atoms with Crippen LogP contribution in [0.15, 0.2) is 30.5 Å². The van der Waals surface area contributed by atoms with Crippen molar-refractivity contribution >= 4 is 17.2 Å². The van der Waals surface area contributed by atoms with E-state index in [0.29, 0.717) is 23.9 Å². The van der Waals surface area contributed by atoms with Crippen LogP contribution in [0.2, 0.25) is 0 Å². The lowest BCUT2D eigenvalue weighted by Crippen LogP contribution is -2.38. The van der Waals surface area contributed by atoms with Gasteiger partial charge < -0.3 is 14.7 Å². The second-order valence-corrected chi connectivity index (χ2v) is 6.71. The van der Waals surface area contributed by atoms with Crippen molar-refractivity contribution in [3.05, 3.63) is 35.3 Å². The Morgan fingerprint density at radius 1 is 1.35 bits per heavy atom. The molecule has 0 atom stereocenters. The normalized spacial score (nSPS) is 15.7. The third-order valence-corrected chi connectivity index (χ3v) is 5.25. The van der Waals surface area contributed by atoms with Crippen molar-refractivity contribution in [2.24, 2.45) is 5.92 Å². The smallest absolute Gasteiger partial charge is 0.265 e. The minimum absolute atomic E-state index is 0.0404. The Morgan fingerprint density at radius 3 is 2.65 bits per heavy atom. The highest BCUT2D eigenvalue weighted by Crippen LogP contribution is 2.28. The van der Waals surface area contributed by atoms with Crippen LogP contribution in [0.4, 0.5) is 0 Å². The molecule has 1 saturated heterocycles. The van der Waals surface area contributed by atoms with Crippen LogP contribution in [0.1, 0.15) is 22.5 Å². The molecule has 0 saturated carbocycles. The number of benzene rings is 1. The first-order valence-corrected chi connectivity index (χ1v) is 8.53. The van der Waals surface area contributed by atoms with Gasteiger partial charge in [0.1, 0.15) is 15.6 Å². The predicted octanol–water partition coefficient (Wildman–Crippen LogP) is 2.66. The third kappa shape index (κ3) is 3.54. The molecule has 5 nitrogen and oxygen atoms in total. The van der Waals surface area contributed by atoms with Crippen molar-refractivity contribution in [3.8, 4) is 16.3 Å². The van der Waals surface area contributed by atoms with E-state index in [4.69, 9.17) is 4.74 Å². The molecule has 1 aliphatic heterocycles. The number of amides is 1. The number of aliphatic hydroxyl groups is 1. The summed E-state index contributed by atoms with van der Waals surface area (Å²) in [5.41, 5.74) is 0.980. The highest BCUT2D eigenvalue weighted by molar-refractivity contribution is 7.16. The van der Waals surface area contributed by atoms with Gasteiger partial charge in [0.05, 0.1) is 13.3 Å². The number of methoxy groups -OCH3 is 1. The van der Waals surface area contributed by atoms with Crippen LogP contribution in [0.5, 0.6) is 5.75 Å². The number of carbonyl (C=O) groups is 1. The van der Waals surface area contributed by atoms with E-state index in [1.165, 1.54) is 11.3 Å². The molecule has 2 heterocycles. The summed E-state index contributed by atoms with van der Waals surface area (Å²) in [6, 6.07) is 7.66. The summed E-state index contributed by atoms with van der Waals surface area (Å²) in [4.78, 5) is 19.5. The number of nitrogens with zero attached hydrogens (tertiary/aromatic N) is 2. The molecule has 3 rings (SSSR count). The van der Waals surface area contributed by atoms with Gasteiger partial charge in [-0.05, 0) is 43.0 Å². The second kappa shape index (κ2) is 7.10. The number of thiazole rings is 1. The van der Waals surface area contributed by atoms with Crippen molar-refractivity contribution in [2.75, 3.05) is 26.8 Å². The molecule has 1 aromatic carbocycles. The van der Waals surface area contributed by atoms with Crippen LogP contribution in [-0.4, -0.2) is 47.7 Å². The number of hydrogen-bond donors (Lipinski definition) is 1. The van der Waals surface area contributed by atoms with Crippen LogP contribution < -0.4 is 4.74 Å². The van der Waals surface area contributed by atoms with Crippen LogP contribution in [0.3, 0.4) is 0 Å². The molecule has 1 N–H and O–H groups in total. The maximum Gasteiger partial charge on any atom is 0.265 e. The average molecular weight is 332 g/mol. The lowest BCUT2D eigenvalue weighted by atomic mass is 9.98. The van der Waals surface area contributed by atoms with Crippen molar-refractivity contribution in [3.63, 3.8) is 0 Å². The molecule has 23 heavy (non-hydrogen) atoms. The number of aliphatic hydroxyl groups excluding tert-OH is 1. The first kappa shape index (κ1) is 16.0. The highest BCUT2D eigenvalue weighted by Gasteiger charge is 2.24. The van der Waals surface area contributed by atoms with Gasteiger partial charge in [0.2, 0.25) is 0 Å². The molecular weight excluding hydrogens is 312 g/mol. The van der Waals surface area contributed by atoms with Gasteiger partial charge in [0.25, 0.3) is 5.91 Å². The number of piperidine rings is 1. The number of ether oxygens (including phenoxy) is 1. The Hall–Kier alpha value is -1.92. The predicted molar refractivity (Wildman–Crippen MR) is 89.8 cm³/mol. The van der Waals surface area contributed by atoms with Crippen LogP contribution in [0, 0.1) is 5.92 Å². The molecule has 0 radical (unpaired) electrons. The highest BCUT2D eigenvalue weighted by atomic mass is 32.1. The maximum absolute atomic E-state index is 12.6. The van der Waals surface area contributed by atoms with E-state index in [0.717, 1.165) is 29.2 Å². The van der Waals surface area contributed by atoms with Gasteiger partial charge in [-0.3, -0.25) is 4.79 Å². The summed E-state index contributed by atoms with van der Waals surface area (Å²) in [5, 5.41) is 10.0. The van der Waals surface area contributed by atoms with Crippen LogP contribution in [-0.2, 0) is 0 Å². The van der Waals surface area contributed by atoms with Crippen molar-refractivity contribution in [2.45, 2.75) is 12.8 Å². The van der Waals surface area contributed by atoms with Gasteiger partial charge in [0.15, 0.2) is 0 Å². The van der Waals surface area contributed by atoms with E-state index in [1.54, 1.807) is 13.3 Å². The van der Waals surface area contributed by atoms with Gasteiger partial charge in [-0.15, -0.1) is 11.3 Å². The van der Waals surface area contributed by atoms with Crippen molar-refractivity contribution < 1.29 is 14.6 Å². The number of carbonyl (C=O) groups excluding carboxylic acids is 1. The fourth-order valence-corrected chi connectivity index (χ4v) is 3.60. The van der Waals surface area contributed by atoms with E-state index in [-0.39, 0.29) is 12.5 Å². The summed E-state index contributed by atoms with van der Waals surface area (Å²) in [5.74, 6) is 1.17. The molecule has 0 aliphatic carbocycles. The van der Waals surface area contributed by atoms with Crippen LogP contribution in [0.25, 0.3) is 10.6 Å². The first-order chi connectivity index (χ1) is 11.2. The minimum atomic E-state index is 0.0404. The molecule has 0 spiro atoms. The van der Waals surface area contributed by atoms with E-state index in [1.807, 2.05) is 29.2 Å². The number of rotatable bonds is 4. The molecule has 0 bridgehead atoms. The fraction of sp³-hybridized carbons (Fsp3) is 0.412. The van der Waals surface area contributed by atoms with Crippen molar-refractivity contribution in [1.29, 1.82) is 0 Å². The maximum atomic E-state index is 12.6. The van der Waals surface area contributed by atoms with Gasteiger partial charge in [-0.25, -0.2) is 4.98 Å². The second-order valence-electron chi connectivity index (χ2n) is 5.68. The standard InChI is InChI=1S/C17H20N2O3S/c1-22-14-4-2-13(3-5-14)16-18-10-15(23-16)17(21)19-8-6-12(11-20)7-9-19/h2-5,10,12,20H,6-9,11H2,1H3. The third-order valence-electron chi connectivity index (χ3n) is 4.21. The molecule has 1 aliphatic rings. The molecule has 0 unspecified atom stereocenters. The Bertz CT molecular complexity index is 661. The summed E-state index contributed by atoms with van der Waals surface area (Å²) < 4.78 is 5.15. The van der Waals surface area contributed by atoms with E-state index in [9.17, 15) is 9.90 Å². The monoisotopic (exact) mass is 332 g/mol. The zero-order chi connectivity index (χ0) is 16.2. The number of likely N-dealkylation sites (tertiary alicyclic amines) is 1. The van der Waals surface area contributed by atoms with Gasteiger partial charge >= 0.3 is 0 Å². The zero-order valence-electron chi connectivity index (χ0n) is 13.1. The fourth-order valence-electron chi connectivity index (χ4n) is 2.71. The minimum Gasteiger partial charge on any atom is -0.497 e. The molecule has 6 heteroatoms. The van der Waals surface area contributed by atoms with Crippen molar-refractivity contribution in [1.82, 2.24) is 9.88 Å². The zero-order valence-corrected chi connectivity index (χ0v) is 13.9. The first-order valence-electron chi connectivity index (χ1n) is 7.71. The lowest BCUT2D eigenvalue weighted by molar-refractivity contribution is 0.0655. The molecule has 2 aromatic rings. The Morgan fingerprint density at radius 2 is 2.04 bits per heavy atom. The topological polar surface area (TPSA) is 62.7 Å². The Balaban J connectivity index is 1.69. The Labute approximate surface area is 139 Å². The van der Waals surface area contributed by atoms with E-state index >= 15 is 0 Å². The van der Waals surface area contributed by atoms with E-state index < -0.39 is 0 Å². The van der Waals surface area contributed by atoms with Gasteiger partial charge in [0, 0.05) is 25.3 Å². The quantitative estimate of drug-likeness (QED) is 0.935. The van der Waals surface area contributed by atoms with Crippen LogP contribution >= 0.6 is 11.3 Å². The largest absolute Gasteiger partial charge is 0.497 e. The summed E-state index contributed by atoms with van der Waals surface area (Å²) in [6.07, 6.45) is 3.39. The molecule has 122 valence electrons. The molecule has 1 fully saturated rings. The van der Waals surface area contributed by atoms with Gasteiger partial charge in [-0.2, -0.15) is 0 Å². The molecule has 1 aromatic heterocycles. The molecular formula is C17H20N2O3S. The summed E-state index contributed by atoms with van der Waals surface area (Å²) >= 11 is 1.42. The number of aromatic nitrogens is 1. The molecule has 1 amide bonds. The summed E-state index contributed by atoms with van der Waals surface area (Å²) in [6.45, 7) is 1.63.